The highest BCUT2D eigenvalue weighted by Crippen LogP contribution is 2.25. The minimum absolute atomic E-state index is 0. The third kappa shape index (κ3) is 3.73. The van der Waals surface area contributed by atoms with E-state index in [1.807, 2.05) is 37.3 Å². The predicted octanol–water partition coefficient (Wildman–Crippen LogP) is 4.08. The molecule has 0 heterocycles. The molecule has 0 saturated heterocycles. The van der Waals surface area contributed by atoms with E-state index in [0.29, 0.717) is 23.4 Å². The van der Waals surface area contributed by atoms with Gasteiger partial charge in [0.2, 0.25) is 0 Å². The lowest BCUT2D eigenvalue weighted by Gasteiger charge is -2.08. The smallest absolute Gasteiger partial charge is 0.164 e. The summed E-state index contributed by atoms with van der Waals surface area (Å²) in [5, 5.41) is 0. The van der Waals surface area contributed by atoms with E-state index in [0.717, 1.165) is 5.75 Å². The van der Waals surface area contributed by atoms with Crippen molar-refractivity contribution in [2.45, 2.75) is 13.3 Å². The molecule has 2 aromatic rings. The molecule has 100 valence electrons. The van der Waals surface area contributed by atoms with Gasteiger partial charge in [0.15, 0.2) is 5.78 Å². The van der Waals surface area contributed by atoms with Crippen LogP contribution in [-0.4, -0.2) is 5.78 Å². The quantitative estimate of drug-likeness (QED) is 0.677. The van der Waals surface area contributed by atoms with Crippen molar-refractivity contribution >= 4 is 23.9 Å². The first-order valence-electron chi connectivity index (χ1n) is 5.86. The maximum atomic E-state index is 11.6. The third-order valence-corrected chi connectivity index (χ3v) is 2.62. The van der Waals surface area contributed by atoms with Gasteiger partial charge in [-0.1, -0.05) is 25.1 Å². The second-order valence-electron chi connectivity index (χ2n) is 3.94. The van der Waals surface area contributed by atoms with Crippen LogP contribution in [0.25, 0.3) is 0 Å². The molecule has 0 aliphatic heterocycles. The maximum Gasteiger partial charge on any atom is 0.164 e. The van der Waals surface area contributed by atoms with Crippen LogP contribution in [0.1, 0.15) is 23.7 Å². The second kappa shape index (κ2) is 6.81. The van der Waals surface area contributed by atoms with Gasteiger partial charge in [-0.3, -0.25) is 4.79 Å². The lowest BCUT2D eigenvalue weighted by atomic mass is 10.1. The van der Waals surface area contributed by atoms with E-state index in [4.69, 9.17) is 10.5 Å². The van der Waals surface area contributed by atoms with Crippen molar-refractivity contribution in [3.8, 4) is 11.5 Å². The van der Waals surface area contributed by atoms with Gasteiger partial charge < -0.3 is 10.5 Å². The van der Waals surface area contributed by atoms with Crippen LogP contribution in [0, 0.1) is 0 Å². The molecule has 2 aromatic carbocycles. The fraction of sp³-hybridized carbons (Fsp3) is 0.133. The van der Waals surface area contributed by atoms with Crippen molar-refractivity contribution in [2.75, 3.05) is 5.73 Å². The van der Waals surface area contributed by atoms with Crippen LogP contribution < -0.4 is 10.5 Å². The summed E-state index contributed by atoms with van der Waals surface area (Å²) >= 11 is 0. The number of benzene rings is 2. The third-order valence-electron chi connectivity index (χ3n) is 2.62. The van der Waals surface area contributed by atoms with Gasteiger partial charge in [-0.25, -0.2) is 0 Å². The van der Waals surface area contributed by atoms with Crippen molar-refractivity contribution in [3.63, 3.8) is 0 Å². The number of hydrogen-bond donors (Lipinski definition) is 1. The van der Waals surface area contributed by atoms with E-state index in [9.17, 15) is 4.79 Å². The topological polar surface area (TPSA) is 52.3 Å². The molecular formula is C15H16ClNO2. The molecule has 0 spiro atoms. The van der Waals surface area contributed by atoms with Crippen molar-refractivity contribution in [3.05, 3.63) is 54.1 Å². The number of nitrogens with two attached hydrogens (primary N) is 1. The van der Waals surface area contributed by atoms with Gasteiger partial charge in [0.05, 0.1) is 0 Å². The Morgan fingerprint density at radius 1 is 1.11 bits per heavy atom. The van der Waals surface area contributed by atoms with Crippen LogP contribution in [0.2, 0.25) is 0 Å². The van der Waals surface area contributed by atoms with Crippen molar-refractivity contribution in [1.29, 1.82) is 0 Å². The monoisotopic (exact) mass is 277 g/mol. The Bertz CT molecular complexity index is 555. The number of halogens is 1. The van der Waals surface area contributed by atoms with E-state index < -0.39 is 0 Å². The molecule has 0 aliphatic carbocycles. The van der Waals surface area contributed by atoms with E-state index >= 15 is 0 Å². The molecule has 0 amide bonds. The molecule has 0 fully saturated rings. The molecule has 0 aromatic heterocycles. The largest absolute Gasteiger partial charge is 0.457 e. The zero-order chi connectivity index (χ0) is 13.0. The highest BCUT2D eigenvalue weighted by Gasteiger charge is 2.08. The summed E-state index contributed by atoms with van der Waals surface area (Å²) in [5.41, 5.74) is 6.86. The second-order valence-corrected chi connectivity index (χ2v) is 3.94. The number of Topliss-reactive ketones (excluding diaryl/α,β-unsaturated/α-hetero) is 1. The number of nitrogen functional groups attached to an aromatic ring is 1. The molecule has 3 nitrogen and oxygen atoms in total. The molecule has 0 bridgehead atoms. The number of hydrogen-bond acceptors (Lipinski definition) is 3. The van der Waals surface area contributed by atoms with Gasteiger partial charge in [-0.05, 0) is 24.3 Å². The molecular weight excluding hydrogens is 262 g/mol. The van der Waals surface area contributed by atoms with Gasteiger partial charge >= 0.3 is 0 Å². The minimum atomic E-state index is 0. The Labute approximate surface area is 118 Å². The van der Waals surface area contributed by atoms with Gasteiger partial charge in [-0.2, -0.15) is 0 Å². The molecule has 0 unspecified atom stereocenters. The minimum Gasteiger partial charge on any atom is -0.457 e. The summed E-state index contributed by atoms with van der Waals surface area (Å²) < 4.78 is 5.64. The Morgan fingerprint density at radius 3 is 2.37 bits per heavy atom. The maximum absolute atomic E-state index is 11.6. The van der Waals surface area contributed by atoms with Crippen molar-refractivity contribution < 1.29 is 9.53 Å². The highest BCUT2D eigenvalue weighted by molar-refractivity contribution is 6.00. The summed E-state index contributed by atoms with van der Waals surface area (Å²) in [6.45, 7) is 1.82. The summed E-state index contributed by atoms with van der Waals surface area (Å²) in [5.74, 6) is 1.41. The predicted molar refractivity (Wildman–Crippen MR) is 79.2 cm³/mol. The van der Waals surface area contributed by atoms with Crippen LogP contribution in [0.15, 0.2) is 48.5 Å². The molecule has 2 N–H and O–H groups in total. The number of rotatable bonds is 4. The van der Waals surface area contributed by atoms with Crippen LogP contribution in [0.4, 0.5) is 5.69 Å². The number of ether oxygens (including phenoxy) is 1. The summed E-state index contributed by atoms with van der Waals surface area (Å²) in [7, 11) is 0. The van der Waals surface area contributed by atoms with Gasteiger partial charge in [0, 0.05) is 23.7 Å². The van der Waals surface area contributed by atoms with Crippen molar-refractivity contribution in [1.82, 2.24) is 0 Å². The van der Waals surface area contributed by atoms with E-state index in [2.05, 4.69) is 0 Å². The molecule has 0 radical (unpaired) electrons. The Morgan fingerprint density at radius 2 is 1.79 bits per heavy atom. The molecule has 19 heavy (non-hydrogen) atoms. The van der Waals surface area contributed by atoms with Crippen LogP contribution >= 0.6 is 12.4 Å². The number of para-hydroxylation sites is 1. The molecule has 2 rings (SSSR count). The average Bonchev–Trinajstić information content (AvgIpc) is 2.39. The standard InChI is InChI=1S/C15H15NO2.ClH/c1-2-15(17)13-9-8-12(10-14(13)16)18-11-6-4-3-5-7-11;/h3-10H,2,16H2,1H3;1H. The number of ketones is 1. The fourth-order valence-corrected chi connectivity index (χ4v) is 1.67. The number of carbonyl (C=O) groups is 1. The zero-order valence-corrected chi connectivity index (χ0v) is 11.4. The average molecular weight is 278 g/mol. The van der Waals surface area contributed by atoms with Gasteiger partial charge in [0.1, 0.15) is 11.5 Å². The number of carbonyl (C=O) groups excluding carboxylic acids is 1. The number of anilines is 1. The molecule has 4 heteroatoms. The molecule has 0 saturated carbocycles. The first-order chi connectivity index (χ1) is 8.70. The lowest BCUT2D eigenvalue weighted by Crippen LogP contribution is -2.02. The van der Waals surface area contributed by atoms with E-state index in [-0.39, 0.29) is 18.2 Å². The first kappa shape index (κ1) is 15.1. The first-order valence-corrected chi connectivity index (χ1v) is 5.86. The van der Waals surface area contributed by atoms with Crippen LogP contribution in [0.5, 0.6) is 11.5 Å². The molecule has 0 aliphatic rings. The van der Waals surface area contributed by atoms with Gasteiger partial charge in [0.25, 0.3) is 0 Å². The van der Waals surface area contributed by atoms with Crippen LogP contribution in [-0.2, 0) is 0 Å². The van der Waals surface area contributed by atoms with E-state index in [1.54, 1.807) is 18.2 Å². The van der Waals surface area contributed by atoms with Crippen molar-refractivity contribution in [2.24, 2.45) is 0 Å². The summed E-state index contributed by atoms with van der Waals surface area (Å²) in [6.07, 6.45) is 0.448. The lowest BCUT2D eigenvalue weighted by molar-refractivity contribution is 0.0989. The Kier molecular flexibility index (Phi) is 5.39. The zero-order valence-electron chi connectivity index (χ0n) is 10.6. The Balaban J connectivity index is 0.00000180. The SMILES string of the molecule is CCC(=O)c1ccc(Oc2ccccc2)cc1N.Cl. The van der Waals surface area contributed by atoms with Gasteiger partial charge in [-0.15, -0.1) is 12.4 Å². The highest BCUT2D eigenvalue weighted by atomic mass is 35.5. The summed E-state index contributed by atoms with van der Waals surface area (Å²) in [4.78, 5) is 11.6. The molecule has 0 atom stereocenters. The Hall–Kier alpha value is -2.00. The normalized spacial score (nSPS) is 9.53. The summed E-state index contributed by atoms with van der Waals surface area (Å²) in [6, 6.07) is 14.6. The van der Waals surface area contributed by atoms with E-state index in [1.165, 1.54) is 0 Å². The fourth-order valence-electron chi connectivity index (χ4n) is 1.67. The van der Waals surface area contributed by atoms with Crippen LogP contribution in [0.3, 0.4) is 0 Å².